The number of hydrogen-bond acceptors (Lipinski definition) is 4. The third-order valence-electron chi connectivity index (χ3n) is 4.46. The zero-order chi connectivity index (χ0) is 19.3. The molecule has 0 amide bonds. The molecule has 1 aromatic heterocycles. The second kappa shape index (κ2) is 9.95. The van der Waals surface area contributed by atoms with Crippen molar-refractivity contribution in [2.24, 2.45) is 4.99 Å². The van der Waals surface area contributed by atoms with Crippen molar-refractivity contribution in [3.8, 4) is 11.6 Å². The molecule has 0 fully saturated rings. The number of para-hydroxylation sites is 1. The third-order valence-corrected chi connectivity index (χ3v) is 4.46. The molecule has 1 aliphatic rings. The maximum absolute atomic E-state index is 6.12. The zero-order valence-electron chi connectivity index (χ0n) is 16.9. The molecule has 2 aromatic rings. The third kappa shape index (κ3) is 5.73. The fourth-order valence-corrected chi connectivity index (χ4v) is 3.25. The van der Waals surface area contributed by atoms with Gasteiger partial charge in [0, 0.05) is 30.8 Å². The molecule has 6 nitrogen and oxygen atoms in total. The van der Waals surface area contributed by atoms with Crippen LogP contribution in [0.15, 0.2) is 47.6 Å². The molecule has 2 heterocycles. The largest absolute Gasteiger partial charge is 0.487 e. The fourth-order valence-electron chi connectivity index (χ4n) is 3.25. The van der Waals surface area contributed by atoms with E-state index in [0.717, 1.165) is 35.8 Å². The van der Waals surface area contributed by atoms with Crippen LogP contribution in [-0.4, -0.2) is 30.2 Å². The smallest absolute Gasteiger partial charge is 0.213 e. The summed E-state index contributed by atoms with van der Waals surface area (Å²) in [5, 5.41) is 6.92. The lowest BCUT2D eigenvalue weighted by Crippen LogP contribution is -2.45. The first-order valence-electron chi connectivity index (χ1n) is 9.32. The molecule has 0 saturated heterocycles. The predicted octanol–water partition coefficient (Wildman–Crippen LogP) is 4.07. The van der Waals surface area contributed by atoms with Crippen LogP contribution in [0, 0.1) is 0 Å². The Hall–Kier alpha value is -2.03. The number of fused-ring (bicyclic) bond motifs is 1. The molecule has 1 unspecified atom stereocenters. The number of halogens is 1. The minimum absolute atomic E-state index is 0. The normalized spacial score (nSPS) is 17.6. The van der Waals surface area contributed by atoms with E-state index in [1.54, 1.807) is 13.3 Å². The molecule has 2 N–H and O–H groups in total. The van der Waals surface area contributed by atoms with Crippen LogP contribution >= 0.6 is 24.0 Å². The van der Waals surface area contributed by atoms with Gasteiger partial charge in [-0.25, -0.2) is 9.98 Å². The van der Waals surface area contributed by atoms with Crippen LogP contribution in [0.1, 0.15) is 44.4 Å². The summed E-state index contributed by atoms with van der Waals surface area (Å²) in [5.41, 5.74) is 1.97. The molecule has 0 spiro atoms. The van der Waals surface area contributed by atoms with Crippen molar-refractivity contribution in [3.05, 3.63) is 53.7 Å². The van der Waals surface area contributed by atoms with E-state index < -0.39 is 0 Å². The topological polar surface area (TPSA) is 67.8 Å². The molecule has 1 aromatic carbocycles. The van der Waals surface area contributed by atoms with Gasteiger partial charge in [-0.15, -0.1) is 24.0 Å². The van der Waals surface area contributed by atoms with Crippen molar-refractivity contribution in [2.75, 3.05) is 13.7 Å². The Balaban J connectivity index is 0.00000280. The quantitative estimate of drug-likeness (QED) is 0.371. The van der Waals surface area contributed by atoms with E-state index in [2.05, 4.69) is 42.5 Å². The summed E-state index contributed by atoms with van der Waals surface area (Å²) >= 11 is 0. The van der Waals surface area contributed by atoms with Gasteiger partial charge in [-0.3, -0.25) is 0 Å². The lowest BCUT2D eigenvalue weighted by molar-refractivity contribution is 0.0694. The number of aromatic nitrogens is 1. The summed E-state index contributed by atoms with van der Waals surface area (Å²) in [6.45, 7) is 7.63. The Morgan fingerprint density at radius 3 is 2.86 bits per heavy atom. The van der Waals surface area contributed by atoms with Crippen LogP contribution in [0.25, 0.3) is 0 Å². The van der Waals surface area contributed by atoms with Crippen LogP contribution in [0.5, 0.6) is 11.6 Å². The Morgan fingerprint density at radius 2 is 2.11 bits per heavy atom. The molecule has 0 aliphatic carbocycles. The van der Waals surface area contributed by atoms with Gasteiger partial charge in [0.1, 0.15) is 11.4 Å². The number of guanidine groups is 1. The number of aliphatic imine (C=N–C) groups is 1. The van der Waals surface area contributed by atoms with Gasteiger partial charge in [0.2, 0.25) is 5.88 Å². The van der Waals surface area contributed by atoms with Crippen LogP contribution in [0.2, 0.25) is 0 Å². The highest BCUT2D eigenvalue weighted by molar-refractivity contribution is 14.0. The molecule has 152 valence electrons. The number of benzene rings is 1. The van der Waals surface area contributed by atoms with Crippen molar-refractivity contribution in [1.29, 1.82) is 0 Å². The highest BCUT2D eigenvalue weighted by Crippen LogP contribution is 2.39. The van der Waals surface area contributed by atoms with E-state index in [0.29, 0.717) is 12.4 Å². The van der Waals surface area contributed by atoms with Crippen molar-refractivity contribution in [2.45, 2.75) is 45.4 Å². The Labute approximate surface area is 184 Å². The van der Waals surface area contributed by atoms with E-state index in [4.69, 9.17) is 14.5 Å². The summed E-state index contributed by atoms with van der Waals surface area (Å²) in [4.78, 5) is 8.88. The standard InChI is InChI=1S/C21H28N4O2.HI/c1-5-22-20(24-14-15-10-11-23-19(12-15)26-4)25-17-13-21(2,3)27-18-9-7-6-8-16(17)18;/h6-12,17H,5,13-14H2,1-4H3,(H2,22,24,25);1H. The number of nitrogens with one attached hydrogen (secondary N) is 2. The Morgan fingerprint density at radius 1 is 1.32 bits per heavy atom. The molecular formula is C21H29IN4O2. The van der Waals surface area contributed by atoms with Gasteiger partial charge in [0.05, 0.1) is 19.7 Å². The number of pyridine rings is 1. The van der Waals surface area contributed by atoms with Gasteiger partial charge in [-0.1, -0.05) is 18.2 Å². The van der Waals surface area contributed by atoms with E-state index in [1.165, 1.54) is 0 Å². The summed E-state index contributed by atoms with van der Waals surface area (Å²) in [5.74, 6) is 2.31. The van der Waals surface area contributed by atoms with Crippen LogP contribution in [-0.2, 0) is 6.54 Å². The Bertz CT molecular complexity index is 810. The average Bonchev–Trinajstić information content (AvgIpc) is 2.65. The number of nitrogens with zero attached hydrogens (tertiary/aromatic N) is 2. The monoisotopic (exact) mass is 496 g/mol. The van der Waals surface area contributed by atoms with Crippen molar-refractivity contribution in [1.82, 2.24) is 15.6 Å². The molecule has 0 radical (unpaired) electrons. The van der Waals surface area contributed by atoms with Crippen molar-refractivity contribution < 1.29 is 9.47 Å². The number of ether oxygens (including phenoxy) is 2. The second-order valence-electron chi connectivity index (χ2n) is 7.20. The maximum Gasteiger partial charge on any atom is 0.213 e. The van der Waals surface area contributed by atoms with Crippen molar-refractivity contribution >= 4 is 29.9 Å². The highest BCUT2D eigenvalue weighted by atomic mass is 127. The summed E-state index contributed by atoms with van der Waals surface area (Å²) in [6, 6.07) is 12.2. The molecule has 3 rings (SSSR count). The summed E-state index contributed by atoms with van der Waals surface area (Å²) in [6.07, 6.45) is 2.60. The van der Waals surface area contributed by atoms with E-state index in [-0.39, 0.29) is 35.6 Å². The van der Waals surface area contributed by atoms with E-state index >= 15 is 0 Å². The molecule has 7 heteroatoms. The molecule has 0 saturated carbocycles. The number of methoxy groups -OCH3 is 1. The lowest BCUT2D eigenvalue weighted by Gasteiger charge is -2.38. The van der Waals surface area contributed by atoms with Gasteiger partial charge in [0.25, 0.3) is 0 Å². The van der Waals surface area contributed by atoms with Gasteiger partial charge in [0.15, 0.2) is 5.96 Å². The SMILES string of the molecule is CCNC(=NCc1ccnc(OC)c1)NC1CC(C)(C)Oc2ccccc21.I. The lowest BCUT2D eigenvalue weighted by atomic mass is 9.90. The van der Waals surface area contributed by atoms with Gasteiger partial charge >= 0.3 is 0 Å². The van der Waals surface area contributed by atoms with Gasteiger partial charge < -0.3 is 20.1 Å². The minimum atomic E-state index is -0.234. The fraction of sp³-hybridized carbons (Fsp3) is 0.429. The molecule has 28 heavy (non-hydrogen) atoms. The van der Waals surface area contributed by atoms with Crippen molar-refractivity contribution in [3.63, 3.8) is 0 Å². The molecule has 1 aliphatic heterocycles. The first-order chi connectivity index (χ1) is 13.0. The van der Waals surface area contributed by atoms with E-state index in [1.807, 2.05) is 30.3 Å². The number of hydrogen-bond donors (Lipinski definition) is 2. The zero-order valence-corrected chi connectivity index (χ0v) is 19.2. The van der Waals surface area contributed by atoms with Crippen LogP contribution < -0.4 is 20.1 Å². The highest BCUT2D eigenvalue weighted by Gasteiger charge is 2.33. The van der Waals surface area contributed by atoms with Crippen LogP contribution in [0.3, 0.4) is 0 Å². The first-order valence-corrected chi connectivity index (χ1v) is 9.32. The maximum atomic E-state index is 6.12. The molecular weight excluding hydrogens is 467 g/mol. The van der Waals surface area contributed by atoms with Gasteiger partial charge in [-0.05, 0) is 38.5 Å². The molecule has 0 bridgehead atoms. The number of rotatable bonds is 5. The average molecular weight is 496 g/mol. The Kier molecular flexibility index (Phi) is 7.91. The summed E-state index contributed by atoms with van der Waals surface area (Å²) in [7, 11) is 1.62. The predicted molar refractivity (Wildman–Crippen MR) is 123 cm³/mol. The van der Waals surface area contributed by atoms with E-state index in [9.17, 15) is 0 Å². The minimum Gasteiger partial charge on any atom is -0.487 e. The second-order valence-corrected chi connectivity index (χ2v) is 7.20. The van der Waals surface area contributed by atoms with Crippen LogP contribution in [0.4, 0.5) is 0 Å². The summed E-state index contributed by atoms with van der Waals surface area (Å²) < 4.78 is 11.3. The first kappa shape index (κ1) is 22.3. The molecule has 1 atom stereocenters. The van der Waals surface area contributed by atoms with Gasteiger partial charge in [-0.2, -0.15) is 0 Å².